The molecular weight excluding hydrogens is 564 g/mol. The third-order valence-corrected chi connectivity index (χ3v) is 5.07. The molecule has 41 heavy (non-hydrogen) atoms. The Morgan fingerprint density at radius 3 is 1.46 bits per heavy atom. The van der Waals surface area contributed by atoms with E-state index in [9.17, 15) is 28.8 Å². The normalized spacial score (nSPS) is 11.6. The average Bonchev–Trinajstić information content (AvgIpc) is 2.85. The van der Waals surface area contributed by atoms with Gasteiger partial charge in [-0.15, -0.1) is 12.4 Å². The molecule has 2 aromatic rings. The summed E-state index contributed by atoms with van der Waals surface area (Å²) in [6.07, 6.45) is -0.102. The summed E-state index contributed by atoms with van der Waals surface area (Å²) < 4.78 is 25.1. The zero-order valence-corrected chi connectivity index (χ0v) is 23.8. The van der Waals surface area contributed by atoms with Gasteiger partial charge in [-0.1, -0.05) is 12.1 Å². The maximum absolute atomic E-state index is 12.9. The minimum Gasteiger partial charge on any atom is -0.467 e. The first-order chi connectivity index (χ1) is 18.8. The first-order valence-corrected chi connectivity index (χ1v) is 11.9. The predicted octanol–water partition coefficient (Wildman–Crippen LogP) is 1.58. The topological polar surface area (TPSA) is 187 Å². The number of rotatable bonds is 11. The highest BCUT2D eigenvalue weighted by Crippen LogP contribution is 2.30. The largest absolute Gasteiger partial charge is 0.467 e. The number of nitrogens with one attached hydrogen (secondary N) is 1. The zero-order chi connectivity index (χ0) is 30.0. The van der Waals surface area contributed by atoms with Crippen LogP contribution in [0.25, 0.3) is 0 Å². The lowest BCUT2D eigenvalue weighted by Gasteiger charge is -2.20. The van der Waals surface area contributed by atoms with E-state index in [0.29, 0.717) is 11.1 Å². The van der Waals surface area contributed by atoms with Crippen molar-refractivity contribution >= 4 is 48.2 Å². The van der Waals surface area contributed by atoms with Gasteiger partial charge < -0.3 is 34.7 Å². The van der Waals surface area contributed by atoms with E-state index in [2.05, 4.69) is 5.32 Å². The van der Waals surface area contributed by atoms with Gasteiger partial charge in [-0.05, 0) is 41.8 Å². The molecule has 0 aliphatic rings. The second kappa shape index (κ2) is 15.9. The molecule has 0 aromatic heterocycles. The molecule has 3 N–H and O–H groups in total. The summed E-state index contributed by atoms with van der Waals surface area (Å²) in [5.74, 6) is -4.07. The summed E-state index contributed by atoms with van der Waals surface area (Å²) in [4.78, 5) is 71.0. The first kappa shape index (κ1) is 34.5. The van der Waals surface area contributed by atoms with Crippen LogP contribution in [0.5, 0.6) is 23.0 Å². The maximum atomic E-state index is 12.9. The molecule has 2 aromatic carbocycles. The molecule has 2 rings (SSSR count). The fourth-order valence-corrected chi connectivity index (χ4v) is 3.50. The van der Waals surface area contributed by atoms with Crippen molar-refractivity contribution in [3.8, 4) is 23.0 Å². The van der Waals surface area contributed by atoms with Crippen LogP contribution in [0, 0.1) is 0 Å². The Kier molecular flexibility index (Phi) is 13.4. The highest BCUT2D eigenvalue weighted by molar-refractivity contribution is 5.88. The van der Waals surface area contributed by atoms with Crippen molar-refractivity contribution < 1.29 is 52.5 Å². The molecule has 0 aliphatic heterocycles. The molecule has 0 heterocycles. The number of benzene rings is 2. The summed E-state index contributed by atoms with van der Waals surface area (Å²) in [6.45, 7) is 4.72. The van der Waals surface area contributed by atoms with E-state index in [0.717, 1.165) is 7.11 Å². The van der Waals surface area contributed by atoms with Crippen molar-refractivity contribution in [3.63, 3.8) is 0 Å². The molecule has 0 fully saturated rings. The molecular formula is C27H31ClN2O11. The Bertz CT molecular complexity index is 1310. The van der Waals surface area contributed by atoms with Crippen LogP contribution in [0.15, 0.2) is 36.4 Å². The fraction of sp³-hybridized carbons (Fsp3) is 0.333. The highest BCUT2D eigenvalue weighted by atomic mass is 35.5. The number of halogens is 1. The summed E-state index contributed by atoms with van der Waals surface area (Å²) >= 11 is 0. The second-order valence-corrected chi connectivity index (χ2v) is 8.54. The minimum atomic E-state index is -1.17. The number of methoxy groups -OCH3 is 1. The standard InChI is InChI=1S/C27H30N2O11.ClH/c1-14(30)37-22-8-6-18(12-24(22)39-16(3)32)10-20(28)26(34)29-21(27(35)36-5)11-19-7-9-23(38-15(2)31)25(13-19)40-17(4)33;/h6-9,12-13,20-21H,10-11,28H2,1-5H3,(H,29,34);1H/t20-,21-;/m0./s1. The van der Waals surface area contributed by atoms with Gasteiger partial charge >= 0.3 is 29.8 Å². The number of nitrogens with two attached hydrogens (primary N) is 1. The molecule has 0 bridgehead atoms. The van der Waals surface area contributed by atoms with Crippen LogP contribution in [0.3, 0.4) is 0 Å². The summed E-state index contributed by atoms with van der Waals surface area (Å²) in [5.41, 5.74) is 7.02. The number of hydrogen-bond donors (Lipinski definition) is 2. The van der Waals surface area contributed by atoms with Crippen molar-refractivity contribution in [2.45, 2.75) is 52.6 Å². The monoisotopic (exact) mass is 594 g/mol. The van der Waals surface area contributed by atoms with E-state index < -0.39 is 47.8 Å². The second-order valence-electron chi connectivity index (χ2n) is 8.54. The molecule has 222 valence electrons. The molecule has 0 saturated heterocycles. The summed E-state index contributed by atoms with van der Waals surface area (Å²) in [6, 6.07) is 6.34. The van der Waals surface area contributed by atoms with E-state index in [1.807, 2.05) is 0 Å². The Labute approximate surface area is 242 Å². The van der Waals surface area contributed by atoms with Gasteiger partial charge in [-0.2, -0.15) is 0 Å². The van der Waals surface area contributed by atoms with Gasteiger partial charge in [0.2, 0.25) is 5.91 Å². The van der Waals surface area contributed by atoms with E-state index in [1.54, 1.807) is 0 Å². The third-order valence-electron chi connectivity index (χ3n) is 5.07. The van der Waals surface area contributed by atoms with Crippen molar-refractivity contribution in [2.24, 2.45) is 5.73 Å². The molecule has 14 heteroatoms. The lowest BCUT2D eigenvalue weighted by atomic mass is 10.0. The van der Waals surface area contributed by atoms with Crippen molar-refractivity contribution in [2.75, 3.05) is 7.11 Å². The first-order valence-electron chi connectivity index (χ1n) is 11.9. The lowest BCUT2D eigenvalue weighted by Crippen LogP contribution is -2.50. The molecule has 0 unspecified atom stereocenters. The minimum absolute atomic E-state index is 0. The van der Waals surface area contributed by atoms with E-state index >= 15 is 0 Å². The number of carbonyl (C=O) groups is 6. The SMILES string of the molecule is COC(=O)[C@H](Cc1ccc(OC(C)=O)c(OC(C)=O)c1)NC(=O)[C@@H](N)Cc1ccc(OC(C)=O)c(OC(C)=O)c1.Cl. The number of esters is 5. The van der Waals surface area contributed by atoms with Gasteiger partial charge in [0.25, 0.3) is 0 Å². The number of amides is 1. The van der Waals surface area contributed by atoms with Gasteiger partial charge in [0.1, 0.15) is 6.04 Å². The number of carbonyl (C=O) groups excluding carboxylic acids is 6. The smallest absolute Gasteiger partial charge is 0.328 e. The van der Waals surface area contributed by atoms with Gasteiger partial charge in [0, 0.05) is 34.1 Å². The van der Waals surface area contributed by atoms with Crippen LogP contribution in [0.2, 0.25) is 0 Å². The molecule has 13 nitrogen and oxygen atoms in total. The maximum Gasteiger partial charge on any atom is 0.328 e. The van der Waals surface area contributed by atoms with Crippen LogP contribution in [0.1, 0.15) is 38.8 Å². The fourth-order valence-electron chi connectivity index (χ4n) is 3.50. The molecule has 1 amide bonds. The molecule has 0 radical (unpaired) electrons. The average molecular weight is 595 g/mol. The van der Waals surface area contributed by atoms with Crippen molar-refractivity contribution in [1.29, 1.82) is 0 Å². The summed E-state index contributed by atoms with van der Waals surface area (Å²) in [7, 11) is 1.15. The third kappa shape index (κ3) is 11.3. The Morgan fingerprint density at radius 2 is 1.07 bits per heavy atom. The van der Waals surface area contributed by atoms with Crippen molar-refractivity contribution in [3.05, 3.63) is 47.5 Å². The van der Waals surface area contributed by atoms with E-state index in [1.165, 1.54) is 64.1 Å². The number of ether oxygens (including phenoxy) is 5. The molecule has 0 saturated carbocycles. The number of hydrogen-bond acceptors (Lipinski definition) is 12. The van der Waals surface area contributed by atoms with E-state index in [-0.39, 0.29) is 48.2 Å². The van der Waals surface area contributed by atoms with Crippen LogP contribution < -0.4 is 30.0 Å². The van der Waals surface area contributed by atoms with Crippen LogP contribution >= 0.6 is 12.4 Å². The van der Waals surface area contributed by atoms with Gasteiger partial charge in [-0.25, -0.2) is 4.79 Å². The van der Waals surface area contributed by atoms with Crippen LogP contribution in [-0.2, 0) is 46.3 Å². The highest BCUT2D eigenvalue weighted by Gasteiger charge is 2.26. The quantitative estimate of drug-likeness (QED) is 0.283. The summed E-state index contributed by atoms with van der Waals surface area (Å²) in [5, 5.41) is 2.54. The van der Waals surface area contributed by atoms with Crippen molar-refractivity contribution in [1.82, 2.24) is 5.32 Å². The van der Waals surface area contributed by atoms with Crippen LogP contribution in [0.4, 0.5) is 0 Å². The molecule has 0 spiro atoms. The predicted molar refractivity (Wildman–Crippen MR) is 145 cm³/mol. The Morgan fingerprint density at radius 1 is 0.683 bits per heavy atom. The van der Waals surface area contributed by atoms with Crippen LogP contribution in [-0.4, -0.2) is 54.9 Å². The molecule has 2 atom stereocenters. The Hall–Kier alpha value is -4.49. The van der Waals surface area contributed by atoms with Gasteiger partial charge in [0.15, 0.2) is 23.0 Å². The Balaban J connectivity index is 0.00000840. The molecule has 0 aliphatic carbocycles. The van der Waals surface area contributed by atoms with Gasteiger partial charge in [-0.3, -0.25) is 24.0 Å². The van der Waals surface area contributed by atoms with Gasteiger partial charge in [0.05, 0.1) is 13.2 Å². The van der Waals surface area contributed by atoms with E-state index in [4.69, 9.17) is 29.4 Å². The zero-order valence-electron chi connectivity index (χ0n) is 23.0. The lowest BCUT2D eigenvalue weighted by molar-refractivity contribution is -0.145.